The molecule has 0 aliphatic heterocycles. The summed E-state index contributed by atoms with van der Waals surface area (Å²) in [5.41, 5.74) is 1.65. The maximum absolute atomic E-state index is 13.0. The highest BCUT2D eigenvalue weighted by atomic mass is 35.5. The Morgan fingerprint density at radius 1 is 0.727 bits per heavy atom. The molecule has 3 aromatic rings. The fourth-order valence-electron chi connectivity index (χ4n) is 3.33. The van der Waals surface area contributed by atoms with E-state index in [1.807, 2.05) is 0 Å². The average Bonchev–Trinajstić information content (AvgIpc) is 2.74. The molecule has 3 rings (SSSR count). The highest BCUT2D eigenvalue weighted by Gasteiger charge is 2.14. The number of hydrogen-bond donors (Lipinski definition) is 1. The van der Waals surface area contributed by atoms with Crippen molar-refractivity contribution >= 4 is 46.4 Å². The van der Waals surface area contributed by atoms with Crippen molar-refractivity contribution in [3.8, 4) is 5.88 Å². The third-order valence-electron chi connectivity index (χ3n) is 4.90. The van der Waals surface area contributed by atoms with Gasteiger partial charge in [0.2, 0.25) is 5.88 Å². The Bertz CT molecular complexity index is 1360. The molecule has 0 spiro atoms. The van der Waals surface area contributed by atoms with Crippen LogP contribution < -0.4 is 11.2 Å². The molecule has 1 aromatic heterocycles. The minimum Gasteiger partial charge on any atom is -0.494 e. The number of halogens is 4. The summed E-state index contributed by atoms with van der Waals surface area (Å²) in [6.45, 7) is 7.97. The quantitative estimate of drug-likeness (QED) is 0.371. The Morgan fingerprint density at radius 3 is 1.64 bits per heavy atom. The Hall–Kier alpha value is -2.44. The Kier molecular flexibility index (Phi) is 8.14. The second-order valence-corrected chi connectivity index (χ2v) is 9.27. The van der Waals surface area contributed by atoms with Gasteiger partial charge in [0, 0.05) is 0 Å². The van der Waals surface area contributed by atoms with Gasteiger partial charge >= 0.3 is 5.69 Å². The summed E-state index contributed by atoms with van der Waals surface area (Å²) in [5, 5.41) is 11.9. The van der Waals surface area contributed by atoms with Gasteiger partial charge in [-0.3, -0.25) is 13.9 Å². The molecule has 0 saturated heterocycles. The van der Waals surface area contributed by atoms with Gasteiger partial charge in [0.25, 0.3) is 5.56 Å². The van der Waals surface area contributed by atoms with E-state index in [0.29, 0.717) is 44.1 Å². The predicted octanol–water partition coefficient (Wildman–Crippen LogP) is 5.93. The maximum atomic E-state index is 13.0. The van der Waals surface area contributed by atoms with E-state index in [2.05, 4.69) is 13.2 Å². The van der Waals surface area contributed by atoms with Crippen LogP contribution in [0.2, 0.25) is 20.1 Å². The summed E-state index contributed by atoms with van der Waals surface area (Å²) in [4.78, 5) is 25.4. The number of nitrogens with zero attached hydrogens (tertiary/aromatic N) is 2. The van der Waals surface area contributed by atoms with Crippen molar-refractivity contribution in [2.45, 2.75) is 25.9 Å². The van der Waals surface area contributed by atoms with Crippen molar-refractivity contribution < 1.29 is 5.11 Å². The first-order valence-corrected chi connectivity index (χ1v) is 11.3. The lowest BCUT2D eigenvalue weighted by molar-refractivity contribution is 0.398. The van der Waals surface area contributed by atoms with Crippen molar-refractivity contribution in [3.63, 3.8) is 0 Å². The van der Waals surface area contributed by atoms with E-state index in [1.54, 1.807) is 36.4 Å². The summed E-state index contributed by atoms with van der Waals surface area (Å²) >= 11 is 24.0. The lowest BCUT2D eigenvalue weighted by Gasteiger charge is -2.15. The van der Waals surface area contributed by atoms with Gasteiger partial charge in [-0.15, -0.1) is 0 Å². The van der Waals surface area contributed by atoms with Gasteiger partial charge in [-0.1, -0.05) is 82.8 Å². The molecule has 33 heavy (non-hydrogen) atoms. The maximum Gasteiger partial charge on any atom is 0.334 e. The third kappa shape index (κ3) is 6.33. The zero-order valence-corrected chi connectivity index (χ0v) is 20.5. The van der Waals surface area contributed by atoms with Gasteiger partial charge in [-0.25, -0.2) is 4.79 Å². The number of aromatic hydroxyl groups is 1. The number of hydrogen-bond acceptors (Lipinski definition) is 3. The van der Waals surface area contributed by atoms with Gasteiger partial charge < -0.3 is 5.11 Å². The topological polar surface area (TPSA) is 64.2 Å². The van der Waals surface area contributed by atoms with Crippen molar-refractivity contribution in [1.29, 1.82) is 0 Å². The molecule has 2 aromatic carbocycles. The van der Waals surface area contributed by atoms with Crippen LogP contribution in [0.3, 0.4) is 0 Å². The van der Waals surface area contributed by atoms with E-state index in [0.717, 1.165) is 26.3 Å². The molecule has 1 heterocycles. The Morgan fingerprint density at radius 2 is 1.18 bits per heavy atom. The highest BCUT2D eigenvalue weighted by molar-refractivity contribution is 6.42. The van der Waals surface area contributed by atoms with E-state index < -0.39 is 17.1 Å². The van der Waals surface area contributed by atoms with Crippen molar-refractivity contribution in [2.75, 3.05) is 0 Å². The SMILES string of the molecule is C=C(Cc1ccc(Cl)c(Cl)c1)Cn1c(O)cc(=O)n(CC(=C)Cc2ccc(Cl)c(Cl)c2)c1=O. The van der Waals surface area contributed by atoms with Crippen LogP contribution in [0.15, 0.2) is 76.4 Å². The van der Waals surface area contributed by atoms with Crippen molar-refractivity contribution in [2.24, 2.45) is 0 Å². The van der Waals surface area contributed by atoms with Crippen LogP contribution in [0.25, 0.3) is 0 Å². The molecule has 0 unspecified atom stereocenters. The minimum atomic E-state index is -0.662. The predicted molar refractivity (Wildman–Crippen MR) is 135 cm³/mol. The molecular formula is C24H20Cl4N2O3. The standard InChI is InChI=1S/C24H20Cl4N2O3/c1-14(7-16-3-5-18(25)20(27)9-16)12-29-22(31)11-23(32)30(24(29)33)13-15(2)8-17-4-6-19(26)21(28)10-17/h3-6,9-11,31H,1-2,7-8,12-13H2. The smallest absolute Gasteiger partial charge is 0.334 e. The molecule has 5 nitrogen and oxygen atoms in total. The number of rotatable bonds is 8. The van der Waals surface area contributed by atoms with E-state index >= 15 is 0 Å². The Balaban J connectivity index is 1.78. The molecule has 0 radical (unpaired) electrons. The van der Waals surface area contributed by atoms with E-state index in [4.69, 9.17) is 46.4 Å². The summed E-state index contributed by atoms with van der Waals surface area (Å²) in [7, 11) is 0. The van der Waals surface area contributed by atoms with Crippen LogP contribution in [0.5, 0.6) is 5.88 Å². The normalized spacial score (nSPS) is 10.9. The van der Waals surface area contributed by atoms with Gasteiger partial charge in [-0.2, -0.15) is 0 Å². The van der Waals surface area contributed by atoms with Crippen molar-refractivity contribution in [3.05, 3.63) is 119 Å². The van der Waals surface area contributed by atoms with Crippen LogP contribution in [-0.2, 0) is 25.9 Å². The van der Waals surface area contributed by atoms with E-state index in [1.165, 1.54) is 0 Å². The first-order valence-electron chi connectivity index (χ1n) is 9.80. The summed E-state index contributed by atoms with van der Waals surface area (Å²) < 4.78 is 2.11. The molecule has 172 valence electrons. The highest BCUT2D eigenvalue weighted by Crippen LogP contribution is 2.25. The van der Waals surface area contributed by atoms with Gasteiger partial charge in [-0.05, 0) is 48.2 Å². The fraction of sp³-hybridized carbons (Fsp3) is 0.167. The zero-order chi connectivity index (χ0) is 24.3. The minimum absolute atomic E-state index is 0.0164. The second-order valence-electron chi connectivity index (χ2n) is 7.65. The Labute approximate surface area is 210 Å². The number of allylic oxidation sites excluding steroid dienone is 2. The van der Waals surface area contributed by atoms with Crippen LogP contribution in [0.1, 0.15) is 11.1 Å². The molecule has 0 amide bonds. The van der Waals surface area contributed by atoms with Crippen LogP contribution in [0.4, 0.5) is 0 Å². The molecule has 1 N–H and O–H groups in total. The van der Waals surface area contributed by atoms with Crippen molar-refractivity contribution in [1.82, 2.24) is 9.13 Å². The van der Waals surface area contributed by atoms with E-state index in [9.17, 15) is 14.7 Å². The fourth-order valence-corrected chi connectivity index (χ4v) is 3.98. The zero-order valence-electron chi connectivity index (χ0n) is 17.5. The molecule has 0 atom stereocenters. The molecule has 0 bridgehead atoms. The molecular weight excluding hydrogens is 506 g/mol. The molecule has 0 saturated carbocycles. The van der Waals surface area contributed by atoms with E-state index in [-0.39, 0.29) is 13.1 Å². The summed E-state index contributed by atoms with van der Waals surface area (Å²) in [6.07, 6.45) is 0.805. The number of benzene rings is 2. The first kappa shape index (κ1) is 25.2. The van der Waals surface area contributed by atoms with Crippen LogP contribution in [-0.4, -0.2) is 14.2 Å². The summed E-state index contributed by atoms with van der Waals surface area (Å²) in [6, 6.07) is 11.4. The molecule has 0 aliphatic rings. The largest absolute Gasteiger partial charge is 0.494 e. The third-order valence-corrected chi connectivity index (χ3v) is 6.37. The number of aromatic nitrogens is 2. The van der Waals surface area contributed by atoms with Crippen LogP contribution in [0, 0.1) is 0 Å². The molecule has 0 aliphatic carbocycles. The van der Waals surface area contributed by atoms with Gasteiger partial charge in [0.1, 0.15) is 0 Å². The lowest BCUT2D eigenvalue weighted by Crippen LogP contribution is -2.40. The second kappa shape index (κ2) is 10.7. The van der Waals surface area contributed by atoms with Gasteiger partial charge in [0.05, 0.1) is 39.2 Å². The lowest BCUT2D eigenvalue weighted by atomic mass is 10.1. The first-order chi connectivity index (χ1) is 15.5. The van der Waals surface area contributed by atoms with Crippen LogP contribution >= 0.6 is 46.4 Å². The average molecular weight is 526 g/mol. The molecule has 9 heteroatoms. The van der Waals surface area contributed by atoms with Gasteiger partial charge in [0.15, 0.2) is 0 Å². The monoisotopic (exact) mass is 524 g/mol. The molecule has 0 fully saturated rings. The summed E-state index contributed by atoms with van der Waals surface area (Å²) in [5.74, 6) is -0.438.